The van der Waals surface area contributed by atoms with Gasteiger partial charge in [-0.3, -0.25) is 0 Å². The lowest BCUT2D eigenvalue weighted by Gasteiger charge is -2.35. The van der Waals surface area contributed by atoms with Crippen LogP contribution in [0.5, 0.6) is 0 Å². The number of hydrogen-bond acceptors (Lipinski definition) is 3. The van der Waals surface area contributed by atoms with Crippen LogP contribution in [-0.4, -0.2) is 18.8 Å². The van der Waals surface area contributed by atoms with Gasteiger partial charge in [0, 0.05) is 24.5 Å². The summed E-state index contributed by atoms with van der Waals surface area (Å²) in [6.07, 6.45) is 7.31. The maximum Gasteiger partial charge on any atom is 0.0622 e. The zero-order valence-corrected chi connectivity index (χ0v) is 21.6. The zero-order chi connectivity index (χ0) is 24.1. The van der Waals surface area contributed by atoms with Gasteiger partial charge in [0.05, 0.1) is 11.4 Å². The molecule has 2 aromatic carbocycles. The third kappa shape index (κ3) is 8.07. The van der Waals surface area contributed by atoms with Gasteiger partial charge in [0.2, 0.25) is 0 Å². The Morgan fingerprint density at radius 1 is 0.939 bits per heavy atom. The molecule has 0 spiro atoms. The van der Waals surface area contributed by atoms with Crippen LogP contribution in [0.4, 0.5) is 11.4 Å². The highest BCUT2D eigenvalue weighted by molar-refractivity contribution is 6.01. The van der Waals surface area contributed by atoms with Crippen molar-refractivity contribution in [2.75, 3.05) is 23.3 Å². The van der Waals surface area contributed by atoms with Crippen LogP contribution < -0.4 is 10.2 Å². The predicted octanol–water partition coefficient (Wildman–Crippen LogP) is 8.17. The van der Waals surface area contributed by atoms with E-state index in [2.05, 4.69) is 100 Å². The Balaban J connectivity index is 1.90. The fraction of sp³-hybridized carbons (Fsp3) is 0.500. The summed E-state index contributed by atoms with van der Waals surface area (Å²) < 4.78 is 0. The minimum Gasteiger partial charge on any atom is -0.370 e. The molecule has 0 aromatic heterocycles. The number of aryl methyl sites for hydroxylation is 1. The molecule has 1 aliphatic rings. The Hall–Kier alpha value is -2.55. The van der Waals surface area contributed by atoms with Crippen LogP contribution >= 0.6 is 0 Å². The molecule has 33 heavy (non-hydrogen) atoms. The summed E-state index contributed by atoms with van der Waals surface area (Å²) in [5, 5.41) is 12.4. The Bertz CT molecular complexity index is 969. The summed E-state index contributed by atoms with van der Waals surface area (Å²) in [5.74, 6) is 0. The lowest BCUT2D eigenvalue weighted by molar-refractivity contribution is 0.378. The monoisotopic (exact) mass is 445 g/mol. The molecule has 0 aliphatic carbocycles. The molecule has 0 amide bonds. The fourth-order valence-corrected chi connectivity index (χ4v) is 3.92. The third-order valence-corrected chi connectivity index (χ3v) is 6.23. The first-order valence-electron chi connectivity index (χ1n) is 12.5. The van der Waals surface area contributed by atoms with Crippen molar-refractivity contribution in [1.29, 1.82) is 5.41 Å². The van der Waals surface area contributed by atoms with E-state index in [1.54, 1.807) is 0 Å². The van der Waals surface area contributed by atoms with E-state index in [9.17, 15) is 0 Å². The zero-order valence-electron chi connectivity index (χ0n) is 21.6. The number of nitrogens with one attached hydrogen (secondary N) is 2. The molecule has 2 aromatic rings. The van der Waals surface area contributed by atoms with Crippen molar-refractivity contribution in [3.05, 3.63) is 65.7 Å². The van der Waals surface area contributed by atoms with Gasteiger partial charge in [-0.15, -0.1) is 0 Å². The van der Waals surface area contributed by atoms with Crippen LogP contribution in [0.3, 0.4) is 0 Å². The summed E-state index contributed by atoms with van der Waals surface area (Å²) in [6, 6.07) is 17.4. The van der Waals surface area contributed by atoms with Crippen LogP contribution in [0.2, 0.25) is 0 Å². The van der Waals surface area contributed by atoms with Gasteiger partial charge in [-0.1, -0.05) is 71.9 Å². The molecule has 0 saturated carbocycles. The molecule has 0 bridgehead atoms. The van der Waals surface area contributed by atoms with Crippen LogP contribution in [-0.2, 0) is 6.42 Å². The van der Waals surface area contributed by atoms with E-state index in [0.717, 1.165) is 55.7 Å². The molecule has 1 fully saturated rings. The predicted molar refractivity (Wildman–Crippen MR) is 146 cm³/mol. The normalized spacial score (nSPS) is 14.7. The first kappa shape index (κ1) is 25.1. The highest BCUT2D eigenvalue weighted by atomic mass is 15.2. The van der Waals surface area contributed by atoms with Crippen molar-refractivity contribution in [2.45, 2.75) is 73.6 Å². The second-order valence-electron chi connectivity index (χ2n) is 11.9. The Labute approximate surface area is 201 Å². The SMILES string of the molecule is CC(C)(C)CCC(=N)/C=C(\Nc1ccccc1N1CCC1)c1cccc(CCC(C)(C)C)c1. The van der Waals surface area contributed by atoms with E-state index in [4.69, 9.17) is 5.41 Å². The number of hydrogen-bond donors (Lipinski definition) is 2. The molecule has 3 heteroatoms. The van der Waals surface area contributed by atoms with Gasteiger partial charge in [-0.2, -0.15) is 0 Å². The number of benzene rings is 2. The topological polar surface area (TPSA) is 39.1 Å². The minimum atomic E-state index is 0.227. The van der Waals surface area contributed by atoms with E-state index in [0.29, 0.717) is 11.1 Å². The average molecular weight is 446 g/mol. The molecular formula is C30H43N3. The molecule has 3 rings (SSSR count). The molecule has 2 N–H and O–H groups in total. The highest BCUT2D eigenvalue weighted by Crippen LogP contribution is 2.32. The molecule has 0 radical (unpaired) electrons. The van der Waals surface area contributed by atoms with Crippen LogP contribution in [0, 0.1) is 16.2 Å². The lowest BCUT2D eigenvalue weighted by atomic mass is 9.88. The quantitative estimate of drug-likeness (QED) is 0.382. The van der Waals surface area contributed by atoms with Crippen LogP contribution in [0.1, 0.15) is 78.4 Å². The Morgan fingerprint density at radius 3 is 2.27 bits per heavy atom. The number of nitrogens with zero attached hydrogens (tertiary/aromatic N) is 1. The van der Waals surface area contributed by atoms with Gasteiger partial charge in [0.25, 0.3) is 0 Å². The van der Waals surface area contributed by atoms with E-state index in [1.807, 2.05) is 6.08 Å². The second kappa shape index (κ2) is 10.6. The van der Waals surface area contributed by atoms with Crippen molar-refractivity contribution in [2.24, 2.45) is 10.8 Å². The maximum absolute atomic E-state index is 8.69. The van der Waals surface area contributed by atoms with Crippen LogP contribution in [0.15, 0.2) is 54.6 Å². The molecule has 0 unspecified atom stereocenters. The van der Waals surface area contributed by atoms with Gasteiger partial charge >= 0.3 is 0 Å². The van der Waals surface area contributed by atoms with Crippen LogP contribution in [0.25, 0.3) is 5.70 Å². The summed E-state index contributed by atoms with van der Waals surface area (Å²) in [7, 11) is 0. The van der Waals surface area contributed by atoms with E-state index < -0.39 is 0 Å². The molecular weight excluding hydrogens is 402 g/mol. The molecule has 178 valence electrons. The Kier molecular flexibility index (Phi) is 8.05. The van der Waals surface area contributed by atoms with Crippen molar-refractivity contribution >= 4 is 22.8 Å². The van der Waals surface area contributed by atoms with Crippen molar-refractivity contribution < 1.29 is 0 Å². The Morgan fingerprint density at radius 2 is 1.64 bits per heavy atom. The molecule has 1 heterocycles. The number of allylic oxidation sites excluding steroid dienone is 1. The van der Waals surface area contributed by atoms with Crippen molar-refractivity contribution in [3.63, 3.8) is 0 Å². The summed E-state index contributed by atoms with van der Waals surface area (Å²) >= 11 is 0. The minimum absolute atomic E-state index is 0.227. The summed E-state index contributed by atoms with van der Waals surface area (Å²) in [5.41, 5.74) is 7.11. The standard InChI is InChI=1S/C30H43N3/c1-29(2,3)17-15-23-11-9-12-24(21-23)27(22-25(31)16-18-30(4,5)6)32-26-13-7-8-14-28(26)33-19-10-20-33/h7-9,11-14,21-22,31-32H,10,15-20H2,1-6H3/b27-22-,31-25?. The first-order chi connectivity index (χ1) is 15.5. The smallest absolute Gasteiger partial charge is 0.0622 e. The van der Waals surface area contributed by atoms with Gasteiger partial charge in [-0.25, -0.2) is 0 Å². The fourth-order valence-electron chi connectivity index (χ4n) is 3.92. The third-order valence-electron chi connectivity index (χ3n) is 6.23. The van der Waals surface area contributed by atoms with Gasteiger partial charge < -0.3 is 15.6 Å². The van der Waals surface area contributed by atoms with Gasteiger partial charge in [-0.05, 0) is 78.3 Å². The average Bonchev–Trinajstić information content (AvgIpc) is 2.69. The number of para-hydroxylation sites is 2. The molecule has 0 atom stereocenters. The van der Waals surface area contributed by atoms with E-state index in [-0.39, 0.29) is 5.41 Å². The van der Waals surface area contributed by atoms with Crippen molar-refractivity contribution in [3.8, 4) is 0 Å². The molecule has 1 saturated heterocycles. The number of anilines is 2. The summed E-state index contributed by atoms with van der Waals surface area (Å²) in [4.78, 5) is 2.42. The molecule has 3 nitrogen and oxygen atoms in total. The number of rotatable bonds is 9. The van der Waals surface area contributed by atoms with E-state index in [1.165, 1.54) is 17.7 Å². The molecule has 1 aliphatic heterocycles. The highest BCUT2D eigenvalue weighted by Gasteiger charge is 2.19. The van der Waals surface area contributed by atoms with E-state index >= 15 is 0 Å². The van der Waals surface area contributed by atoms with Crippen molar-refractivity contribution in [1.82, 2.24) is 0 Å². The summed E-state index contributed by atoms with van der Waals surface area (Å²) in [6.45, 7) is 15.8. The second-order valence-corrected chi connectivity index (χ2v) is 11.9. The first-order valence-corrected chi connectivity index (χ1v) is 12.5. The van der Waals surface area contributed by atoms with Gasteiger partial charge in [0.1, 0.15) is 0 Å². The largest absolute Gasteiger partial charge is 0.370 e. The van der Waals surface area contributed by atoms with Gasteiger partial charge in [0.15, 0.2) is 0 Å². The lowest BCUT2D eigenvalue weighted by Crippen LogP contribution is -2.37. The maximum atomic E-state index is 8.69.